The van der Waals surface area contributed by atoms with Crippen LogP contribution in [0.2, 0.25) is 0 Å². The number of anilines is 1. The summed E-state index contributed by atoms with van der Waals surface area (Å²) in [6.07, 6.45) is 6.75. The van der Waals surface area contributed by atoms with Crippen LogP contribution in [0.15, 0.2) is 78.0 Å². The number of aromatic nitrogens is 1. The molecule has 0 unspecified atom stereocenters. The Morgan fingerprint density at radius 2 is 1.85 bits per heavy atom. The zero-order chi connectivity index (χ0) is 28.4. The molecule has 1 aliphatic rings. The standard InChI is InChI=1S/C31H32FN5O3S/c1-38-29-19-24-26(20-30(29)39-17-7-16-37-14-5-6-15-37)33-13-12-27(24)40-28-11-10-23(18-25(28)32)35-31(41)36-34-21-22-8-3-2-4-9-22/h2-4,8-13,18-21H,5-7,14-17H2,1H3,(H2,35,36,41)/b34-21+. The summed E-state index contributed by atoms with van der Waals surface area (Å²) in [5.41, 5.74) is 4.76. The first-order valence-corrected chi connectivity index (χ1v) is 13.9. The van der Waals surface area contributed by atoms with Gasteiger partial charge < -0.3 is 24.4 Å². The SMILES string of the molecule is COc1cc2c(Oc3ccc(NC(=S)N/N=C/c4ccccc4)cc3F)ccnc2cc1OCCCN1CCCC1. The lowest BCUT2D eigenvalue weighted by Crippen LogP contribution is -2.23. The molecule has 1 aromatic heterocycles. The summed E-state index contributed by atoms with van der Waals surface area (Å²) < 4.78 is 32.6. The second-order valence-corrected chi connectivity index (χ2v) is 9.97. The minimum atomic E-state index is -0.555. The third-order valence-electron chi connectivity index (χ3n) is 6.65. The van der Waals surface area contributed by atoms with Crippen LogP contribution in [-0.4, -0.2) is 54.6 Å². The first-order valence-electron chi connectivity index (χ1n) is 13.5. The Balaban J connectivity index is 1.22. The summed E-state index contributed by atoms with van der Waals surface area (Å²) in [5, 5.41) is 7.92. The molecule has 1 saturated heterocycles. The highest BCUT2D eigenvalue weighted by atomic mass is 32.1. The molecule has 0 radical (unpaired) electrons. The lowest BCUT2D eigenvalue weighted by atomic mass is 10.1. The Hall–Kier alpha value is -4.28. The monoisotopic (exact) mass is 573 g/mol. The van der Waals surface area contributed by atoms with Crippen molar-refractivity contribution in [1.29, 1.82) is 0 Å². The van der Waals surface area contributed by atoms with Gasteiger partial charge in [-0.2, -0.15) is 5.10 Å². The third-order valence-corrected chi connectivity index (χ3v) is 6.84. The molecule has 1 aliphatic heterocycles. The molecule has 0 amide bonds. The minimum Gasteiger partial charge on any atom is -0.493 e. The number of ether oxygens (including phenoxy) is 3. The largest absolute Gasteiger partial charge is 0.493 e. The van der Waals surface area contributed by atoms with Crippen LogP contribution in [0.1, 0.15) is 24.8 Å². The van der Waals surface area contributed by atoms with Crippen LogP contribution < -0.4 is 25.0 Å². The summed E-state index contributed by atoms with van der Waals surface area (Å²) in [7, 11) is 1.59. The number of likely N-dealkylation sites (tertiary alicyclic amines) is 1. The van der Waals surface area contributed by atoms with Crippen LogP contribution in [0.4, 0.5) is 10.1 Å². The van der Waals surface area contributed by atoms with Gasteiger partial charge in [0, 0.05) is 35.9 Å². The number of rotatable bonds is 11. The zero-order valence-electron chi connectivity index (χ0n) is 22.8. The van der Waals surface area contributed by atoms with Crippen molar-refractivity contribution in [2.45, 2.75) is 19.3 Å². The Morgan fingerprint density at radius 3 is 2.63 bits per heavy atom. The number of hydrogen-bond acceptors (Lipinski definition) is 7. The third kappa shape index (κ3) is 7.68. The van der Waals surface area contributed by atoms with E-state index in [1.807, 2.05) is 36.4 Å². The smallest absolute Gasteiger partial charge is 0.191 e. The highest BCUT2D eigenvalue weighted by molar-refractivity contribution is 7.80. The molecule has 2 N–H and O–H groups in total. The van der Waals surface area contributed by atoms with Crippen LogP contribution in [0.5, 0.6) is 23.0 Å². The maximum absolute atomic E-state index is 15.0. The lowest BCUT2D eigenvalue weighted by Gasteiger charge is -2.16. The van der Waals surface area contributed by atoms with E-state index in [0.717, 1.165) is 18.5 Å². The highest BCUT2D eigenvalue weighted by Gasteiger charge is 2.15. The molecule has 2 heterocycles. The van der Waals surface area contributed by atoms with Crippen molar-refractivity contribution >= 4 is 40.1 Å². The molecular formula is C31H32FN5O3S. The van der Waals surface area contributed by atoms with Crippen molar-refractivity contribution in [2.24, 2.45) is 5.10 Å². The Morgan fingerprint density at radius 1 is 1.02 bits per heavy atom. The van der Waals surface area contributed by atoms with Crippen LogP contribution in [-0.2, 0) is 0 Å². The number of hydrogen-bond donors (Lipinski definition) is 2. The predicted molar refractivity (Wildman–Crippen MR) is 164 cm³/mol. The summed E-state index contributed by atoms with van der Waals surface area (Å²) in [5.74, 6) is 1.13. The van der Waals surface area contributed by atoms with E-state index in [2.05, 4.69) is 25.7 Å². The van der Waals surface area contributed by atoms with Gasteiger partial charge in [0.15, 0.2) is 28.2 Å². The average Bonchev–Trinajstić information content (AvgIpc) is 3.51. The highest BCUT2D eigenvalue weighted by Crippen LogP contribution is 2.38. The number of thiocarbonyl (C=S) groups is 1. The average molecular weight is 574 g/mol. The summed E-state index contributed by atoms with van der Waals surface area (Å²) >= 11 is 5.26. The number of fused-ring (bicyclic) bond motifs is 1. The second kappa shape index (κ2) is 13.9. The molecule has 3 aromatic carbocycles. The van der Waals surface area contributed by atoms with Crippen molar-refractivity contribution in [1.82, 2.24) is 15.3 Å². The van der Waals surface area contributed by atoms with E-state index in [1.54, 1.807) is 37.7 Å². The van der Waals surface area contributed by atoms with Crippen LogP contribution in [0.25, 0.3) is 10.9 Å². The van der Waals surface area contributed by atoms with Gasteiger partial charge >= 0.3 is 0 Å². The van der Waals surface area contributed by atoms with E-state index in [-0.39, 0.29) is 10.9 Å². The molecular weight excluding hydrogens is 541 g/mol. The maximum Gasteiger partial charge on any atom is 0.191 e. The molecule has 212 valence electrons. The Kier molecular flexibility index (Phi) is 9.56. The van der Waals surface area contributed by atoms with E-state index >= 15 is 4.39 Å². The molecule has 4 aromatic rings. The molecule has 5 rings (SSSR count). The normalized spacial score (nSPS) is 13.4. The molecule has 0 saturated carbocycles. The van der Waals surface area contributed by atoms with Gasteiger partial charge in [-0.25, -0.2) is 4.39 Å². The molecule has 41 heavy (non-hydrogen) atoms. The number of halogens is 1. The summed E-state index contributed by atoms with van der Waals surface area (Å²) in [6.45, 7) is 3.94. The van der Waals surface area contributed by atoms with Crippen LogP contribution in [0.3, 0.4) is 0 Å². The first-order chi connectivity index (χ1) is 20.1. The number of pyridine rings is 1. The van der Waals surface area contributed by atoms with E-state index in [1.165, 1.54) is 38.1 Å². The summed E-state index contributed by atoms with van der Waals surface area (Å²) in [6, 6.07) is 19.4. The molecule has 1 fully saturated rings. The topological polar surface area (TPSA) is 80.2 Å². The van der Waals surface area contributed by atoms with Gasteiger partial charge in [-0.1, -0.05) is 30.3 Å². The maximum atomic E-state index is 15.0. The van der Waals surface area contributed by atoms with Crippen molar-refractivity contribution in [2.75, 3.05) is 38.7 Å². The Labute approximate surface area is 244 Å². The van der Waals surface area contributed by atoms with Crippen LogP contribution in [0, 0.1) is 5.82 Å². The first kappa shape index (κ1) is 28.3. The number of benzene rings is 3. The van der Waals surface area contributed by atoms with Crippen molar-refractivity contribution in [3.8, 4) is 23.0 Å². The van der Waals surface area contributed by atoms with Crippen molar-refractivity contribution in [3.05, 3.63) is 84.3 Å². The number of hydrazone groups is 1. The summed E-state index contributed by atoms with van der Waals surface area (Å²) in [4.78, 5) is 6.92. The molecule has 0 bridgehead atoms. The number of nitrogens with one attached hydrogen (secondary N) is 2. The van der Waals surface area contributed by atoms with E-state index in [4.69, 9.17) is 26.4 Å². The lowest BCUT2D eigenvalue weighted by molar-refractivity contribution is 0.254. The van der Waals surface area contributed by atoms with Gasteiger partial charge in [0.2, 0.25) is 0 Å². The van der Waals surface area contributed by atoms with Crippen molar-refractivity contribution < 1.29 is 18.6 Å². The molecule has 8 nitrogen and oxygen atoms in total. The van der Waals surface area contributed by atoms with Crippen molar-refractivity contribution in [3.63, 3.8) is 0 Å². The fourth-order valence-corrected chi connectivity index (χ4v) is 4.78. The van der Waals surface area contributed by atoms with E-state index in [0.29, 0.717) is 40.4 Å². The fourth-order valence-electron chi connectivity index (χ4n) is 4.61. The number of nitrogens with zero attached hydrogens (tertiary/aromatic N) is 3. The molecule has 0 aliphatic carbocycles. The minimum absolute atomic E-state index is 0.0604. The van der Waals surface area contributed by atoms with Gasteiger partial charge in [0.25, 0.3) is 0 Å². The predicted octanol–water partition coefficient (Wildman–Crippen LogP) is 6.36. The molecule has 0 atom stereocenters. The second-order valence-electron chi connectivity index (χ2n) is 9.56. The quantitative estimate of drug-likeness (QED) is 0.0929. The Bertz CT molecular complexity index is 1510. The van der Waals surface area contributed by atoms with Crippen LogP contribution >= 0.6 is 12.2 Å². The fraction of sp³-hybridized carbons (Fsp3) is 0.258. The molecule has 0 spiro atoms. The zero-order valence-corrected chi connectivity index (χ0v) is 23.6. The van der Waals surface area contributed by atoms with E-state index < -0.39 is 5.82 Å². The van der Waals surface area contributed by atoms with Gasteiger partial charge in [-0.15, -0.1) is 0 Å². The molecule has 10 heteroatoms. The number of methoxy groups -OCH3 is 1. The van der Waals surface area contributed by atoms with E-state index in [9.17, 15) is 0 Å². The van der Waals surface area contributed by atoms with Gasteiger partial charge in [0.05, 0.1) is 25.4 Å². The van der Waals surface area contributed by atoms with Gasteiger partial charge in [0.1, 0.15) is 5.75 Å². The van der Waals surface area contributed by atoms with Gasteiger partial charge in [-0.3, -0.25) is 10.4 Å². The van der Waals surface area contributed by atoms with Gasteiger partial charge in [-0.05, 0) is 74.4 Å².